The smallest absolute Gasteiger partial charge is 0.174 e. The molecule has 0 bridgehead atoms. The molecule has 0 saturated heterocycles. The molecule has 0 atom stereocenters. The molecular formula is C16H17Cl2N5. The van der Waals surface area contributed by atoms with Crippen LogP contribution in [0.1, 0.15) is 11.1 Å². The van der Waals surface area contributed by atoms with Crippen LogP contribution in [0.3, 0.4) is 0 Å². The van der Waals surface area contributed by atoms with Gasteiger partial charge in [0.05, 0.1) is 0 Å². The van der Waals surface area contributed by atoms with Crippen LogP contribution in [0.5, 0.6) is 0 Å². The van der Waals surface area contributed by atoms with Crippen LogP contribution < -0.4 is 10.6 Å². The Hall–Kier alpha value is -2.21. The third-order valence-corrected chi connectivity index (χ3v) is 3.48. The first kappa shape index (κ1) is 18.8. The van der Waals surface area contributed by atoms with Crippen molar-refractivity contribution >= 4 is 35.1 Å². The van der Waals surface area contributed by atoms with E-state index in [1.807, 2.05) is 25.1 Å². The van der Waals surface area contributed by atoms with Gasteiger partial charge in [-0.15, -0.1) is 23.2 Å². The summed E-state index contributed by atoms with van der Waals surface area (Å²) in [7, 11) is 0. The summed E-state index contributed by atoms with van der Waals surface area (Å²) < 4.78 is 0. The quantitative estimate of drug-likeness (QED) is 0.465. The Morgan fingerprint density at radius 2 is 1.91 bits per heavy atom. The predicted molar refractivity (Wildman–Crippen MR) is 94.9 cm³/mol. The second-order valence-corrected chi connectivity index (χ2v) is 5.41. The van der Waals surface area contributed by atoms with E-state index >= 15 is 0 Å². The van der Waals surface area contributed by atoms with E-state index in [1.54, 1.807) is 12.1 Å². The van der Waals surface area contributed by atoms with Gasteiger partial charge in [-0.25, -0.2) is 4.99 Å². The lowest BCUT2D eigenvalue weighted by Crippen LogP contribution is -2.27. The number of halogens is 2. The number of nitrogens with two attached hydrogens (primary N) is 1. The molecule has 0 amide bonds. The first-order valence-electron chi connectivity index (χ1n) is 6.88. The molecule has 0 saturated carbocycles. The van der Waals surface area contributed by atoms with Gasteiger partial charge >= 0.3 is 0 Å². The zero-order valence-electron chi connectivity index (χ0n) is 12.8. The molecule has 0 fully saturated rings. The molecule has 7 heteroatoms. The molecule has 0 spiro atoms. The Morgan fingerprint density at radius 1 is 1.26 bits per heavy atom. The predicted octanol–water partition coefficient (Wildman–Crippen LogP) is 2.92. The van der Waals surface area contributed by atoms with Crippen molar-refractivity contribution in [1.82, 2.24) is 0 Å². The molecule has 0 aromatic heterocycles. The molecule has 2 N–H and O–H groups in total. The first-order chi connectivity index (χ1) is 11.1. The van der Waals surface area contributed by atoms with Gasteiger partial charge in [-0.3, -0.25) is 0 Å². The minimum absolute atomic E-state index is 0.0955. The lowest BCUT2D eigenvalue weighted by Gasteiger charge is -2.23. The van der Waals surface area contributed by atoms with Crippen LogP contribution >= 0.6 is 23.2 Å². The summed E-state index contributed by atoms with van der Waals surface area (Å²) in [4.78, 5) is 6.08. The minimum atomic E-state index is -0.201. The van der Waals surface area contributed by atoms with Crippen LogP contribution in [0.2, 0.25) is 0 Å². The summed E-state index contributed by atoms with van der Waals surface area (Å²) in [5, 5.41) is 17.6. The number of anilines is 1. The molecule has 23 heavy (non-hydrogen) atoms. The number of nitrogens with zero attached hydrogens (tertiary/aromatic N) is 4. The fourth-order valence-corrected chi connectivity index (χ4v) is 2.33. The number of hydrogen-bond donors (Lipinski definition) is 1. The van der Waals surface area contributed by atoms with Gasteiger partial charge < -0.3 is 10.6 Å². The van der Waals surface area contributed by atoms with Gasteiger partial charge in [-0.1, -0.05) is 6.07 Å². The zero-order valence-corrected chi connectivity index (χ0v) is 14.3. The molecule has 5 nitrogen and oxygen atoms in total. The van der Waals surface area contributed by atoms with E-state index < -0.39 is 0 Å². The van der Waals surface area contributed by atoms with Crippen LogP contribution in [0.15, 0.2) is 34.6 Å². The maximum Gasteiger partial charge on any atom is 0.174 e. The van der Waals surface area contributed by atoms with Crippen molar-refractivity contribution in [3.05, 3.63) is 40.7 Å². The van der Waals surface area contributed by atoms with Gasteiger partial charge in [0.15, 0.2) is 5.70 Å². The van der Waals surface area contributed by atoms with Gasteiger partial charge in [-0.05, 0) is 30.2 Å². The Balaban J connectivity index is 3.06. The fraction of sp³-hybridized carbons (Fsp3) is 0.312. The molecule has 120 valence electrons. The fourth-order valence-electron chi connectivity index (χ4n) is 1.92. The van der Waals surface area contributed by atoms with Crippen LogP contribution in [-0.4, -0.2) is 31.1 Å². The second kappa shape index (κ2) is 9.74. The summed E-state index contributed by atoms with van der Waals surface area (Å²) in [5.74, 6) is 1.03. The maximum atomic E-state index is 8.93. The van der Waals surface area contributed by atoms with Crippen molar-refractivity contribution in [3.63, 3.8) is 0 Å². The zero-order chi connectivity index (χ0) is 17.2. The Bertz CT molecular complexity index is 677. The van der Waals surface area contributed by atoms with E-state index in [4.69, 9.17) is 39.5 Å². The second-order valence-electron chi connectivity index (χ2n) is 4.65. The maximum absolute atomic E-state index is 8.93. The first-order valence-corrected chi connectivity index (χ1v) is 7.95. The summed E-state index contributed by atoms with van der Waals surface area (Å²) >= 11 is 11.6. The topological polar surface area (TPSA) is 89.2 Å². The van der Waals surface area contributed by atoms with Crippen molar-refractivity contribution < 1.29 is 0 Å². The number of rotatable bonds is 7. The molecular weight excluding hydrogens is 333 g/mol. The monoisotopic (exact) mass is 349 g/mol. The number of aliphatic imine (C=N–C) groups is 1. The van der Waals surface area contributed by atoms with Crippen LogP contribution in [0, 0.1) is 29.6 Å². The minimum Gasteiger partial charge on any atom is -0.388 e. The Labute approximate surface area is 146 Å². The van der Waals surface area contributed by atoms with Gasteiger partial charge in [0, 0.05) is 36.8 Å². The number of aryl methyl sites for hydroxylation is 1. The lowest BCUT2D eigenvalue weighted by molar-refractivity contribution is 0.873. The summed E-state index contributed by atoms with van der Waals surface area (Å²) in [6.07, 6.45) is 1.52. The highest BCUT2D eigenvalue weighted by Gasteiger charge is 2.07. The third-order valence-electron chi connectivity index (χ3n) is 3.14. The van der Waals surface area contributed by atoms with E-state index in [9.17, 15) is 0 Å². The van der Waals surface area contributed by atoms with Gasteiger partial charge in [0.25, 0.3) is 0 Å². The van der Waals surface area contributed by atoms with Crippen molar-refractivity contribution in [3.8, 4) is 12.1 Å². The number of alkyl halides is 2. The largest absolute Gasteiger partial charge is 0.388 e. The van der Waals surface area contributed by atoms with Crippen LogP contribution in [-0.2, 0) is 0 Å². The van der Waals surface area contributed by atoms with Crippen molar-refractivity contribution in [2.75, 3.05) is 29.7 Å². The number of hydrogen-bond acceptors (Lipinski definition) is 5. The molecule has 1 rings (SSSR count). The highest BCUT2D eigenvalue weighted by Crippen LogP contribution is 2.19. The average molecular weight is 350 g/mol. The summed E-state index contributed by atoms with van der Waals surface area (Å²) in [6.45, 7) is 3.36. The van der Waals surface area contributed by atoms with E-state index in [2.05, 4.69) is 9.89 Å². The van der Waals surface area contributed by atoms with Crippen molar-refractivity contribution in [2.24, 2.45) is 10.7 Å². The lowest BCUT2D eigenvalue weighted by atomic mass is 10.1. The highest BCUT2D eigenvalue weighted by molar-refractivity contribution is 6.18. The van der Waals surface area contributed by atoms with Crippen molar-refractivity contribution in [1.29, 1.82) is 10.5 Å². The molecule has 0 aliphatic heterocycles. The van der Waals surface area contributed by atoms with E-state index in [0.29, 0.717) is 24.8 Å². The molecule has 1 aromatic rings. The Kier molecular flexibility index (Phi) is 7.97. The normalized spacial score (nSPS) is 11.7. The van der Waals surface area contributed by atoms with Gasteiger partial charge in [0.1, 0.15) is 17.8 Å². The van der Waals surface area contributed by atoms with Gasteiger partial charge in [0.2, 0.25) is 0 Å². The van der Waals surface area contributed by atoms with Crippen LogP contribution in [0.4, 0.5) is 5.69 Å². The molecule has 0 unspecified atom stereocenters. The summed E-state index contributed by atoms with van der Waals surface area (Å²) in [5.41, 5.74) is 7.95. The number of benzene rings is 1. The number of nitriles is 2. The molecule has 0 heterocycles. The molecule has 1 aromatic carbocycles. The molecule has 0 radical (unpaired) electrons. The van der Waals surface area contributed by atoms with E-state index in [-0.39, 0.29) is 11.4 Å². The summed E-state index contributed by atoms with van der Waals surface area (Å²) in [6, 6.07) is 9.35. The molecule has 0 aliphatic rings. The Morgan fingerprint density at radius 3 is 2.39 bits per heavy atom. The van der Waals surface area contributed by atoms with E-state index in [0.717, 1.165) is 16.8 Å². The standard InChI is InChI=1S/C16H17Cl2N5/c1-12-8-14(23(6-4-17)7-5-18)3-2-13(12)11-22-16(10-20)15(21)9-19/h2-3,8,11H,4-7,21H2,1H3. The number of allylic oxidation sites excluding steroid dienone is 2. The average Bonchev–Trinajstić information content (AvgIpc) is 2.56. The van der Waals surface area contributed by atoms with Crippen LogP contribution in [0.25, 0.3) is 0 Å². The third kappa shape index (κ3) is 5.49. The van der Waals surface area contributed by atoms with E-state index in [1.165, 1.54) is 6.21 Å². The van der Waals surface area contributed by atoms with Crippen molar-refractivity contribution in [2.45, 2.75) is 6.92 Å². The van der Waals surface area contributed by atoms with Gasteiger partial charge in [-0.2, -0.15) is 10.5 Å². The SMILES string of the molecule is Cc1cc(N(CCCl)CCCl)ccc1C=NC(C#N)=C(N)C#N. The highest BCUT2D eigenvalue weighted by atomic mass is 35.5. The molecule has 0 aliphatic carbocycles.